The molecule has 1 heterocycles. The van der Waals surface area contributed by atoms with Crippen LogP contribution in [0.15, 0.2) is 0 Å². The first-order valence-electron chi connectivity index (χ1n) is 10.8. The summed E-state index contributed by atoms with van der Waals surface area (Å²) in [5, 5.41) is 0. The molecule has 4 rings (SSSR count). The monoisotopic (exact) mass is 362 g/mol. The number of rotatable bonds is 1. The maximum Gasteiger partial charge on any atom is 0.163 e. The average molecular weight is 363 g/mol. The standard InChI is InChI=1S/C23H38O3/c1-19(2)10-7-11-21(5)16(19)8-12-22(6)17(21)9-13-23(18(22)14-24)15-25-20(3,4)26-23/h14,16-18H,7-13,15H2,1-6H3/t16-,17+,18-,21-,22+,23+/m0/s1. The van der Waals surface area contributed by atoms with Crippen molar-refractivity contribution in [2.45, 2.75) is 97.9 Å². The van der Waals surface area contributed by atoms with Gasteiger partial charge in [-0.2, -0.15) is 0 Å². The van der Waals surface area contributed by atoms with Gasteiger partial charge in [0, 0.05) is 0 Å². The van der Waals surface area contributed by atoms with Crippen LogP contribution in [-0.2, 0) is 14.3 Å². The molecule has 3 aliphatic carbocycles. The molecule has 0 aromatic carbocycles. The van der Waals surface area contributed by atoms with Gasteiger partial charge in [0.2, 0.25) is 0 Å². The number of carbonyl (C=O) groups excluding carboxylic acids is 1. The zero-order chi connectivity index (χ0) is 19.0. The quantitative estimate of drug-likeness (QED) is 0.589. The van der Waals surface area contributed by atoms with Crippen LogP contribution in [0.2, 0.25) is 0 Å². The van der Waals surface area contributed by atoms with Crippen molar-refractivity contribution in [2.24, 2.45) is 34.0 Å². The van der Waals surface area contributed by atoms with Crippen LogP contribution in [0, 0.1) is 34.0 Å². The first-order chi connectivity index (χ1) is 12.0. The molecule has 0 amide bonds. The van der Waals surface area contributed by atoms with E-state index in [0.29, 0.717) is 23.4 Å². The highest BCUT2D eigenvalue weighted by Gasteiger charge is 2.67. The number of carbonyl (C=O) groups is 1. The number of ether oxygens (including phenoxy) is 2. The van der Waals surface area contributed by atoms with E-state index in [2.05, 4.69) is 27.7 Å². The molecule has 148 valence electrons. The van der Waals surface area contributed by atoms with E-state index in [1.54, 1.807) is 0 Å². The predicted molar refractivity (Wildman–Crippen MR) is 103 cm³/mol. The maximum atomic E-state index is 12.4. The van der Waals surface area contributed by atoms with Crippen LogP contribution in [-0.4, -0.2) is 24.3 Å². The maximum absolute atomic E-state index is 12.4. The van der Waals surface area contributed by atoms with Gasteiger partial charge in [-0.05, 0) is 80.5 Å². The SMILES string of the molecule is CC1(C)OC[C@@]2(CC[C@H]3[C@@](C)(CC[C@H]4C(C)(C)CCC[C@]34C)[C@@H]2C=O)O1. The van der Waals surface area contributed by atoms with Crippen molar-refractivity contribution in [2.75, 3.05) is 6.61 Å². The zero-order valence-corrected chi connectivity index (χ0v) is 17.7. The molecule has 1 aliphatic heterocycles. The molecule has 6 atom stereocenters. The van der Waals surface area contributed by atoms with E-state index in [1.807, 2.05) is 13.8 Å². The summed E-state index contributed by atoms with van der Waals surface area (Å²) in [6, 6.07) is 0. The Morgan fingerprint density at radius 3 is 2.15 bits per heavy atom. The molecule has 3 saturated carbocycles. The number of hydrogen-bond donors (Lipinski definition) is 0. The van der Waals surface area contributed by atoms with Crippen molar-refractivity contribution in [3.63, 3.8) is 0 Å². The second kappa shape index (κ2) is 5.56. The van der Waals surface area contributed by atoms with Crippen molar-refractivity contribution in [1.29, 1.82) is 0 Å². The Morgan fingerprint density at radius 1 is 0.846 bits per heavy atom. The van der Waals surface area contributed by atoms with E-state index in [-0.39, 0.29) is 11.3 Å². The summed E-state index contributed by atoms with van der Waals surface area (Å²) >= 11 is 0. The van der Waals surface area contributed by atoms with Crippen LogP contribution in [0.25, 0.3) is 0 Å². The van der Waals surface area contributed by atoms with Gasteiger partial charge in [0.05, 0.1) is 12.5 Å². The van der Waals surface area contributed by atoms with Crippen molar-refractivity contribution in [3.8, 4) is 0 Å². The molecule has 3 heteroatoms. The van der Waals surface area contributed by atoms with E-state index in [4.69, 9.17) is 9.47 Å². The molecule has 0 radical (unpaired) electrons. The summed E-state index contributed by atoms with van der Waals surface area (Å²) < 4.78 is 12.4. The molecule has 0 bridgehead atoms. The fraction of sp³-hybridized carbons (Fsp3) is 0.957. The molecule has 1 saturated heterocycles. The lowest BCUT2D eigenvalue weighted by atomic mass is 9.38. The van der Waals surface area contributed by atoms with Crippen LogP contribution >= 0.6 is 0 Å². The van der Waals surface area contributed by atoms with Crippen LogP contribution in [0.1, 0.15) is 86.5 Å². The second-order valence-corrected chi connectivity index (χ2v) is 11.5. The highest BCUT2D eigenvalue weighted by atomic mass is 16.8. The van der Waals surface area contributed by atoms with Crippen LogP contribution < -0.4 is 0 Å². The minimum atomic E-state index is -0.571. The molecule has 0 unspecified atom stereocenters. The number of fused-ring (bicyclic) bond motifs is 3. The Bertz CT molecular complexity index is 596. The third-order valence-corrected chi connectivity index (χ3v) is 9.22. The third kappa shape index (κ3) is 2.42. The second-order valence-electron chi connectivity index (χ2n) is 11.5. The summed E-state index contributed by atoms with van der Waals surface area (Å²) in [5.41, 5.74) is 0.397. The minimum Gasteiger partial charge on any atom is -0.347 e. The number of aldehydes is 1. The first kappa shape index (κ1) is 18.9. The smallest absolute Gasteiger partial charge is 0.163 e. The Hall–Kier alpha value is -0.410. The first-order valence-corrected chi connectivity index (χ1v) is 10.8. The average Bonchev–Trinajstić information content (AvgIpc) is 2.81. The fourth-order valence-electron chi connectivity index (χ4n) is 8.26. The van der Waals surface area contributed by atoms with E-state index in [9.17, 15) is 4.79 Å². The van der Waals surface area contributed by atoms with E-state index < -0.39 is 11.4 Å². The summed E-state index contributed by atoms with van der Waals surface area (Å²) in [6.07, 6.45) is 9.76. The highest BCUT2D eigenvalue weighted by molar-refractivity contribution is 5.59. The van der Waals surface area contributed by atoms with Gasteiger partial charge in [0.25, 0.3) is 0 Å². The van der Waals surface area contributed by atoms with Gasteiger partial charge in [0.15, 0.2) is 5.79 Å². The van der Waals surface area contributed by atoms with Gasteiger partial charge >= 0.3 is 0 Å². The lowest BCUT2D eigenvalue weighted by Gasteiger charge is -2.67. The van der Waals surface area contributed by atoms with Crippen LogP contribution in [0.3, 0.4) is 0 Å². The number of hydrogen-bond acceptors (Lipinski definition) is 3. The normalized spacial score (nSPS) is 52.3. The van der Waals surface area contributed by atoms with Gasteiger partial charge < -0.3 is 14.3 Å². The summed E-state index contributed by atoms with van der Waals surface area (Å²) in [7, 11) is 0. The zero-order valence-electron chi connectivity index (χ0n) is 17.7. The van der Waals surface area contributed by atoms with Gasteiger partial charge in [-0.25, -0.2) is 0 Å². The summed E-state index contributed by atoms with van der Waals surface area (Å²) in [5.74, 6) is 0.762. The molecule has 0 aromatic rings. The highest BCUT2D eigenvalue weighted by Crippen LogP contribution is 2.70. The fourth-order valence-corrected chi connectivity index (χ4v) is 8.26. The lowest BCUT2D eigenvalue weighted by Crippen LogP contribution is -2.64. The van der Waals surface area contributed by atoms with Crippen molar-refractivity contribution in [3.05, 3.63) is 0 Å². The van der Waals surface area contributed by atoms with Gasteiger partial charge in [-0.3, -0.25) is 0 Å². The Labute approximate surface area is 159 Å². The third-order valence-electron chi connectivity index (χ3n) is 9.22. The van der Waals surface area contributed by atoms with Crippen LogP contribution in [0.5, 0.6) is 0 Å². The molecular weight excluding hydrogens is 324 g/mol. The predicted octanol–water partition coefficient (Wildman–Crippen LogP) is 5.37. The summed E-state index contributed by atoms with van der Waals surface area (Å²) in [6.45, 7) is 14.5. The topological polar surface area (TPSA) is 35.5 Å². The molecular formula is C23H38O3. The summed E-state index contributed by atoms with van der Waals surface area (Å²) in [4.78, 5) is 12.4. The molecule has 3 nitrogen and oxygen atoms in total. The van der Waals surface area contributed by atoms with Crippen molar-refractivity contribution >= 4 is 6.29 Å². The van der Waals surface area contributed by atoms with E-state index in [1.165, 1.54) is 38.4 Å². The van der Waals surface area contributed by atoms with Crippen molar-refractivity contribution < 1.29 is 14.3 Å². The lowest BCUT2D eigenvalue weighted by molar-refractivity contribution is -0.232. The van der Waals surface area contributed by atoms with E-state index in [0.717, 1.165) is 18.8 Å². The van der Waals surface area contributed by atoms with Crippen LogP contribution in [0.4, 0.5) is 0 Å². The molecule has 0 N–H and O–H groups in total. The van der Waals surface area contributed by atoms with Gasteiger partial charge in [-0.1, -0.05) is 34.1 Å². The Balaban J connectivity index is 1.72. The largest absolute Gasteiger partial charge is 0.347 e. The van der Waals surface area contributed by atoms with E-state index >= 15 is 0 Å². The molecule has 0 aromatic heterocycles. The Morgan fingerprint density at radius 2 is 1.54 bits per heavy atom. The molecule has 4 aliphatic rings. The van der Waals surface area contributed by atoms with Gasteiger partial charge in [0.1, 0.15) is 11.9 Å². The molecule has 26 heavy (non-hydrogen) atoms. The Kier molecular flexibility index (Phi) is 4.05. The minimum absolute atomic E-state index is 0.0302. The van der Waals surface area contributed by atoms with Gasteiger partial charge in [-0.15, -0.1) is 0 Å². The van der Waals surface area contributed by atoms with Crippen molar-refractivity contribution in [1.82, 2.24) is 0 Å². The molecule has 4 fully saturated rings. The molecule has 1 spiro atoms.